The van der Waals surface area contributed by atoms with Crippen LogP contribution in [-0.4, -0.2) is 89.4 Å². The van der Waals surface area contributed by atoms with E-state index < -0.39 is 77.6 Å². The predicted molar refractivity (Wildman–Crippen MR) is 268 cm³/mol. The maximum absolute atomic E-state index is 16.2. The fraction of sp³-hybridized carbons (Fsp3) is 0.286. The number of nitrogens with one attached hydrogen (secondary N) is 3. The zero-order valence-corrected chi connectivity index (χ0v) is 40.2. The number of aromatic nitrogens is 1. The normalized spacial score (nSPS) is 13.6. The Morgan fingerprint density at radius 2 is 1.11 bits per heavy atom. The molecule has 6 rings (SSSR count). The number of ether oxygens (including phenoxy) is 2. The van der Waals surface area contributed by atoms with Gasteiger partial charge in [-0.2, -0.15) is 0 Å². The molecule has 0 spiro atoms. The molecule has 6 aromatic rings. The number of rotatable bonds is 20. The van der Waals surface area contributed by atoms with Crippen LogP contribution in [0.5, 0.6) is 0 Å². The Kier molecular flexibility index (Phi) is 17.6. The van der Waals surface area contributed by atoms with E-state index in [2.05, 4.69) is 20.9 Å². The maximum Gasteiger partial charge on any atom is 0.407 e. The number of hydrogen-bond acceptors (Lipinski definition) is 9. The molecule has 0 aliphatic heterocycles. The van der Waals surface area contributed by atoms with Crippen LogP contribution < -0.4 is 21.7 Å². The van der Waals surface area contributed by atoms with Gasteiger partial charge in [0.15, 0.2) is 0 Å². The van der Waals surface area contributed by atoms with E-state index in [1.807, 2.05) is 185 Å². The SMILES string of the molecule is COC(=O)N[C@@H](CC(N)=O)C(=O)N([C@@H](Cc1ccccc1)[C@@H](O)C[C@H](Cc1ccc(-c2ccccn2)cc1)NC(=O)[C@@H](NC(=O)OC)C(C)(C)C)C(c1ccccc1)(c1ccccc1)c1ccccc1. The van der Waals surface area contributed by atoms with Crippen molar-refractivity contribution in [3.63, 3.8) is 0 Å². The maximum atomic E-state index is 16.2. The van der Waals surface area contributed by atoms with Crippen LogP contribution in [0.1, 0.15) is 61.4 Å². The summed E-state index contributed by atoms with van der Waals surface area (Å²) in [7, 11) is 2.37. The van der Waals surface area contributed by atoms with Gasteiger partial charge >= 0.3 is 12.2 Å². The quantitative estimate of drug-likeness (QED) is 0.0486. The molecule has 70 heavy (non-hydrogen) atoms. The highest BCUT2D eigenvalue weighted by atomic mass is 16.5. The number of benzene rings is 5. The predicted octanol–water partition coefficient (Wildman–Crippen LogP) is 7.33. The highest BCUT2D eigenvalue weighted by Crippen LogP contribution is 2.45. The molecule has 364 valence electrons. The fourth-order valence-corrected chi connectivity index (χ4v) is 8.97. The minimum Gasteiger partial charge on any atom is -0.453 e. The van der Waals surface area contributed by atoms with Crippen molar-refractivity contribution in [2.24, 2.45) is 11.1 Å². The van der Waals surface area contributed by atoms with Crippen LogP contribution in [0.15, 0.2) is 170 Å². The Bertz CT molecular complexity index is 2540. The average molecular weight is 947 g/mol. The second kappa shape index (κ2) is 23.9. The molecule has 0 saturated carbocycles. The van der Waals surface area contributed by atoms with Crippen LogP contribution >= 0.6 is 0 Å². The van der Waals surface area contributed by atoms with E-state index in [1.165, 1.54) is 7.11 Å². The number of hydrogen-bond donors (Lipinski definition) is 5. The van der Waals surface area contributed by atoms with Gasteiger partial charge in [-0.1, -0.05) is 172 Å². The molecule has 1 aromatic heterocycles. The fourth-order valence-electron chi connectivity index (χ4n) is 8.97. The Balaban J connectivity index is 1.60. The summed E-state index contributed by atoms with van der Waals surface area (Å²) in [5.74, 6) is -2.14. The van der Waals surface area contributed by atoms with Crippen molar-refractivity contribution in [2.45, 2.75) is 82.3 Å². The van der Waals surface area contributed by atoms with E-state index in [9.17, 15) is 24.3 Å². The average Bonchev–Trinajstić information content (AvgIpc) is 3.37. The van der Waals surface area contributed by atoms with E-state index in [1.54, 1.807) is 11.1 Å². The number of carbonyl (C=O) groups is 5. The Morgan fingerprint density at radius 1 is 0.629 bits per heavy atom. The van der Waals surface area contributed by atoms with Crippen molar-refractivity contribution in [3.05, 3.63) is 198 Å². The highest BCUT2D eigenvalue weighted by Gasteiger charge is 2.51. The van der Waals surface area contributed by atoms with Gasteiger partial charge in [-0.25, -0.2) is 9.59 Å². The molecule has 0 aliphatic rings. The molecule has 14 heteroatoms. The van der Waals surface area contributed by atoms with E-state index in [4.69, 9.17) is 15.2 Å². The first kappa shape index (κ1) is 51.5. The van der Waals surface area contributed by atoms with Crippen molar-refractivity contribution in [1.82, 2.24) is 25.8 Å². The minimum absolute atomic E-state index is 0.0530. The first-order valence-electron chi connectivity index (χ1n) is 23.1. The van der Waals surface area contributed by atoms with E-state index in [0.29, 0.717) is 16.7 Å². The smallest absolute Gasteiger partial charge is 0.407 e. The minimum atomic E-state index is -1.57. The molecule has 6 N–H and O–H groups in total. The molecule has 0 bridgehead atoms. The summed E-state index contributed by atoms with van der Waals surface area (Å²) < 4.78 is 9.90. The summed E-state index contributed by atoms with van der Waals surface area (Å²) in [6, 6.07) is 46.1. The van der Waals surface area contributed by atoms with E-state index in [0.717, 1.165) is 29.5 Å². The molecular weight excluding hydrogens is 885 g/mol. The number of pyridine rings is 1. The number of aliphatic hydroxyl groups excluding tert-OH is 1. The van der Waals surface area contributed by atoms with Gasteiger partial charge in [0.05, 0.1) is 38.5 Å². The molecule has 5 aromatic carbocycles. The number of primary amides is 1. The molecule has 0 saturated heterocycles. The standard InChI is InChI=1S/C56H62N6O8/c1-55(2,3)50(61-54(68)70-5)51(65)59-44(34-39-29-31-40(32-30-39)45-28-18-19-33-58-45)36-48(63)47(35-38-20-10-6-11-21-38)62(52(66)46(37-49(57)64)60-53(67)69-4)56(41-22-12-7-13-23-41,42-24-14-8-15-25-42)43-26-16-9-17-27-43/h6-33,44,46-48,50,63H,34-37H2,1-5H3,(H2,57,64)(H,59,65)(H,60,67)(H,61,68)/t44-,46-,47-,48-,50+/m0/s1. The first-order chi connectivity index (χ1) is 33.6. The number of carbonyl (C=O) groups excluding carboxylic acids is 5. The van der Waals surface area contributed by atoms with Gasteiger partial charge in [0.1, 0.15) is 17.6 Å². The second-order valence-electron chi connectivity index (χ2n) is 18.2. The number of nitrogens with zero attached hydrogens (tertiary/aromatic N) is 2. The van der Waals surface area contributed by atoms with Crippen molar-refractivity contribution in [3.8, 4) is 11.3 Å². The molecular formula is C56H62N6O8. The summed E-state index contributed by atoms with van der Waals surface area (Å²) >= 11 is 0. The lowest BCUT2D eigenvalue weighted by atomic mass is 9.73. The summed E-state index contributed by atoms with van der Waals surface area (Å²) in [5, 5.41) is 21.8. The third-order valence-electron chi connectivity index (χ3n) is 12.3. The number of nitrogens with two attached hydrogens (primary N) is 1. The molecule has 5 amide bonds. The Morgan fingerprint density at radius 3 is 1.59 bits per heavy atom. The van der Waals surface area contributed by atoms with Crippen LogP contribution in [0.3, 0.4) is 0 Å². The topological polar surface area (TPSA) is 202 Å². The molecule has 14 nitrogen and oxygen atoms in total. The van der Waals surface area contributed by atoms with Gasteiger partial charge in [0.2, 0.25) is 17.7 Å². The van der Waals surface area contributed by atoms with Crippen LogP contribution in [0.25, 0.3) is 11.3 Å². The number of alkyl carbamates (subject to hydrolysis) is 2. The lowest BCUT2D eigenvalue weighted by Crippen LogP contribution is -2.64. The number of amides is 5. The van der Waals surface area contributed by atoms with Gasteiger partial charge in [0.25, 0.3) is 0 Å². The summed E-state index contributed by atoms with van der Waals surface area (Å²) in [6.07, 6.45) is -1.99. The van der Waals surface area contributed by atoms with Gasteiger partial charge in [-0.15, -0.1) is 0 Å². The van der Waals surface area contributed by atoms with E-state index >= 15 is 4.79 Å². The lowest BCUT2D eigenvalue weighted by Gasteiger charge is -2.51. The van der Waals surface area contributed by atoms with Crippen LogP contribution in [0.4, 0.5) is 9.59 Å². The van der Waals surface area contributed by atoms with E-state index in [-0.39, 0.29) is 19.3 Å². The molecule has 0 unspecified atom stereocenters. The van der Waals surface area contributed by atoms with Crippen molar-refractivity contribution >= 4 is 29.9 Å². The second-order valence-corrected chi connectivity index (χ2v) is 18.2. The zero-order chi connectivity index (χ0) is 50.3. The summed E-state index contributed by atoms with van der Waals surface area (Å²) in [6.45, 7) is 5.44. The Hall–Kier alpha value is -7.84. The molecule has 1 heterocycles. The van der Waals surface area contributed by atoms with Gasteiger partial charge in [-0.3, -0.25) is 19.4 Å². The van der Waals surface area contributed by atoms with Crippen LogP contribution in [0, 0.1) is 5.41 Å². The lowest BCUT2D eigenvalue weighted by molar-refractivity contribution is -0.146. The largest absolute Gasteiger partial charge is 0.453 e. The summed E-state index contributed by atoms with van der Waals surface area (Å²) in [4.78, 5) is 75.5. The monoisotopic (exact) mass is 946 g/mol. The summed E-state index contributed by atoms with van der Waals surface area (Å²) in [5.41, 5.74) is 8.59. The van der Waals surface area contributed by atoms with Gasteiger partial charge in [-0.05, 0) is 64.6 Å². The number of methoxy groups -OCH3 is 2. The molecule has 0 aliphatic carbocycles. The molecule has 5 atom stereocenters. The van der Waals surface area contributed by atoms with Crippen molar-refractivity contribution < 1.29 is 38.6 Å². The number of aliphatic hydroxyl groups is 1. The van der Waals surface area contributed by atoms with Gasteiger partial charge in [0, 0.05) is 17.8 Å². The third-order valence-corrected chi connectivity index (χ3v) is 12.3. The molecule has 0 radical (unpaired) electrons. The van der Waals surface area contributed by atoms with Crippen LogP contribution in [0.2, 0.25) is 0 Å². The third kappa shape index (κ3) is 12.8. The first-order valence-corrected chi connectivity index (χ1v) is 23.1. The zero-order valence-electron chi connectivity index (χ0n) is 40.2. The highest BCUT2D eigenvalue weighted by molar-refractivity contribution is 5.92. The van der Waals surface area contributed by atoms with Crippen molar-refractivity contribution in [1.29, 1.82) is 0 Å². The van der Waals surface area contributed by atoms with Gasteiger partial charge < -0.3 is 41.2 Å². The van der Waals surface area contributed by atoms with Crippen LogP contribution in [-0.2, 0) is 42.2 Å². The molecule has 0 fully saturated rings. The van der Waals surface area contributed by atoms with Crippen molar-refractivity contribution in [2.75, 3.05) is 14.2 Å². The Labute approximate surface area is 409 Å².